The highest BCUT2D eigenvalue weighted by Crippen LogP contribution is 2.27. The zero-order chi connectivity index (χ0) is 24.5. The molecule has 0 unspecified atom stereocenters. The Labute approximate surface area is 207 Å². The Balaban J connectivity index is 1.54. The molecule has 3 aromatic carbocycles. The van der Waals surface area contributed by atoms with Gasteiger partial charge in [0.1, 0.15) is 11.4 Å². The van der Waals surface area contributed by atoms with E-state index in [9.17, 15) is 14.0 Å². The molecule has 1 fully saturated rings. The monoisotopic (exact) mass is 483 g/mol. The third-order valence-corrected chi connectivity index (χ3v) is 6.37. The Morgan fingerprint density at radius 3 is 2.34 bits per heavy atom. The highest BCUT2D eigenvalue weighted by atomic mass is 32.1. The number of halogens is 1. The van der Waals surface area contributed by atoms with Gasteiger partial charge in [-0.25, -0.2) is 4.39 Å². The molecule has 1 saturated heterocycles. The molecule has 0 radical (unpaired) electrons. The Morgan fingerprint density at radius 1 is 0.943 bits per heavy atom. The fraction of sp³-hybridized carbons (Fsp3) is 0.107. The summed E-state index contributed by atoms with van der Waals surface area (Å²) in [5, 5.41) is 3.60. The number of hydrogen-bond acceptors (Lipinski definition) is 3. The molecule has 2 heterocycles. The normalized spacial score (nSPS) is 15.2. The number of anilines is 1. The summed E-state index contributed by atoms with van der Waals surface area (Å²) in [6.07, 6.45) is 4.38. The van der Waals surface area contributed by atoms with Gasteiger partial charge in [-0.2, -0.15) is 0 Å². The van der Waals surface area contributed by atoms with Crippen molar-refractivity contribution in [2.75, 3.05) is 4.90 Å². The van der Waals surface area contributed by atoms with Crippen LogP contribution in [-0.4, -0.2) is 21.5 Å². The van der Waals surface area contributed by atoms with Crippen LogP contribution in [0.25, 0.3) is 17.0 Å². The van der Waals surface area contributed by atoms with E-state index in [1.807, 2.05) is 59.3 Å². The number of hydrogen-bond donors (Lipinski definition) is 1. The van der Waals surface area contributed by atoms with E-state index in [0.717, 1.165) is 34.0 Å². The Morgan fingerprint density at radius 2 is 1.63 bits per heavy atom. The van der Waals surface area contributed by atoms with Gasteiger partial charge < -0.3 is 4.57 Å². The summed E-state index contributed by atoms with van der Waals surface area (Å²) in [7, 11) is 0. The van der Waals surface area contributed by atoms with Gasteiger partial charge in [0.15, 0.2) is 5.11 Å². The van der Waals surface area contributed by atoms with E-state index < -0.39 is 11.8 Å². The zero-order valence-corrected chi connectivity index (χ0v) is 19.8. The smallest absolute Gasteiger partial charge is 0.270 e. The van der Waals surface area contributed by atoms with Crippen LogP contribution >= 0.6 is 12.2 Å². The minimum atomic E-state index is -0.531. The van der Waals surface area contributed by atoms with Crippen LogP contribution in [0, 0.1) is 5.82 Å². The van der Waals surface area contributed by atoms with Crippen LogP contribution in [0.1, 0.15) is 23.6 Å². The molecular weight excluding hydrogens is 461 g/mol. The lowest BCUT2D eigenvalue weighted by Gasteiger charge is -2.29. The van der Waals surface area contributed by atoms with E-state index in [4.69, 9.17) is 12.2 Å². The second kappa shape index (κ2) is 9.27. The average molecular weight is 484 g/mol. The second-order valence-electron chi connectivity index (χ2n) is 8.33. The summed E-state index contributed by atoms with van der Waals surface area (Å²) in [6, 6.07) is 21.6. The SMILES string of the molecule is CCc1ccc(N2C(=O)/C(=C/c3cn(Cc4ccc(F)cc4)c4ccccc34)C(=O)NC2=S)cc1. The summed E-state index contributed by atoms with van der Waals surface area (Å²) < 4.78 is 15.4. The summed E-state index contributed by atoms with van der Waals surface area (Å²) in [5.41, 5.74) is 4.35. The lowest BCUT2D eigenvalue weighted by Crippen LogP contribution is -2.54. The van der Waals surface area contributed by atoms with E-state index in [2.05, 4.69) is 12.2 Å². The third kappa shape index (κ3) is 4.38. The number of aryl methyl sites for hydroxylation is 1. The molecule has 35 heavy (non-hydrogen) atoms. The third-order valence-electron chi connectivity index (χ3n) is 6.09. The molecule has 7 heteroatoms. The second-order valence-corrected chi connectivity index (χ2v) is 8.72. The number of nitrogens with zero attached hydrogens (tertiary/aromatic N) is 2. The number of rotatable bonds is 5. The van der Waals surface area contributed by atoms with Crippen molar-refractivity contribution < 1.29 is 14.0 Å². The van der Waals surface area contributed by atoms with E-state index >= 15 is 0 Å². The maximum atomic E-state index is 13.4. The largest absolute Gasteiger partial charge is 0.342 e. The van der Waals surface area contributed by atoms with Crippen molar-refractivity contribution in [3.8, 4) is 0 Å². The molecule has 0 aliphatic carbocycles. The molecule has 1 N–H and O–H groups in total. The van der Waals surface area contributed by atoms with E-state index in [-0.39, 0.29) is 16.5 Å². The molecule has 0 saturated carbocycles. The molecule has 5 nitrogen and oxygen atoms in total. The number of aromatic nitrogens is 1. The lowest BCUT2D eigenvalue weighted by molar-refractivity contribution is -0.122. The van der Waals surface area contributed by atoms with Gasteiger partial charge in [-0.1, -0.05) is 49.4 Å². The number of nitrogens with one attached hydrogen (secondary N) is 1. The first-order valence-corrected chi connectivity index (χ1v) is 11.7. The number of carbonyl (C=O) groups is 2. The van der Waals surface area contributed by atoms with Crippen LogP contribution in [0.3, 0.4) is 0 Å². The number of fused-ring (bicyclic) bond motifs is 1. The summed E-state index contributed by atoms with van der Waals surface area (Å²) >= 11 is 5.32. The molecule has 0 spiro atoms. The molecule has 174 valence electrons. The predicted octanol–water partition coefficient (Wildman–Crippen LogP) is 5.22. The minimum Gasteiger partial charge on any atom is -0.342 e. The topological polar surface area (TPSA) is 54.3 Å². The van der Waals surface area contributed by atoms with Crippen LogP contribution in [0.2, 0.25) is 0 Å². The van der Waals surface area contributed by atoms with E-state index in [1.165, 1.54) is 17.0 Å². The van der Waals surface area contributed by atoms with Gasteiger partial charge in [0, 0.05) is 29.2 Å². The van der Waals surface area contributed by atoms with Crippen molar-refractivity contribution in [1.82, 2.24) is 9.88 Å². The quantitative estimate of drug-likeness (QED) is 0.241. The average Bonchev–Trinajstić information content (AvgIpc) is 3.20. The molecule has 1 aromatic heterocycles. The van der Waals surface area contributed by atoms with Gasteiger partial charge in [0.2, 0.25) is 0 Å². The van der Waals surface area contributed by atoms with Crippen LogP contribution in [0.5, 0.6) is 0 Å². The van der Waals surface area contributed by atoms with Gasteiger partial charge in [-0.05, 0) is 66.2 Å². The van der Waals surface area contributed by atoms with E-state index in [1.54, 1.807) is 18.2 Å². The highest BCUT2D eigenvalue weighted by molar-refractivity contribution is 7.80. The van der Waals surface area contributed by atoms with Crippen molar-refractivity contribution in [2.24, 2.45) is 0 Å². The van der Waals surface area contributed by atoms with Crippen LogP contribution in [-0.2, 0) is 22.6 Å². The summed E-state index contributed by atoms with van der Waals surface area (Å²) in [5.74, 6) is -1.29. The molecule has 0 bridgehead atoms. The Kier molecular flexibility index (Phi) is 6.01. The summed E-state index contributed by atoms with van der Waals surface area (Å²) in [6.45, 7) is 2.57. The van der Waals surface area contributed by atoms with Crippen LogP contribution in [0.15, 0.2) is 84.6 Å². The van der Waals surface area contributed by atoms with Crippen molar-refractivity contribution in [1.29, 1.82) is 0 Å². The fourth-order valence-corrected chi connectivity index (χ4v) is 4.52. The van der Waals surface area contributed by atoms with Gasteiger partial charge >= 0.3 is 0 Å². The van der Waals surface area contributed by atoms with Crippen molar-refractivity contribution in [2.45, 2.75) is 19.9 Å². The Bertz CT molecular complexity index is 1490. The fourth-order valence-electron chi connectivity index (χ4n) is 4.24. The number of para-hydroxylation sites is 1. The Hall–Kier alpha value is -4.10. The number of benzene rings is 3. The van der Waals surface area contributed by atoms with Crippen LogP contribution < -0.4 is 10.2 Å². The molecule has 4 aromatic rings. The standard InChI is InChI=1S/C28H22FN3O2S/c1-2-18-9-13-22(14-10-18)32-27(34)24(26(33)30-28(32)35)15-20-17-31(25-6-4-3-5-23(20)25)16-19-7-11-21(29)12-8-19/h3-15,17H,2,16H2,1H3,(H,30,33,35)/b24-15+. The predicted molar refractivity (Wildman–Crippen MR) is 139 cm³/mol. The van der Waals surface area contributed by atoms with Crippen molar-refractivity contribution in [3.05, 3.63) is 107 Å². The highest BCUT2D eigenvalue weighted by Gasteiger charge is 2.34. The molecular formula is C28H22FN3O2S. The van der Waals surface area contributed by atoms with Gasteiger partial charge in [0.25, 0.3) is 11.8 Å². The summed E-state index contributed by atoms with van der Waals surface area (Å²) in [4.78, 5) is 27.6. The molecule has 2 amide bonds. The zero-order valence-electron chi connectivity index (χ0n) is 19.0. The molecule has 1 aliphatic rings. The number of carbonyl (C=O) groups excluding carboxylic acids is 2. The number of amides is 2. The van der Waals surface area contributed by atoms with E-state index in [0.29, 0.717) is 12.2 Å². The first-order valence-electron chi connectivity index (χ1n) is 11.3. The number of thiocarbonyl (C=S) groups is 1. The maximum absolute atomic E-state index is 13.4. The molecule has 5 rings (SSSR count). The first-order chi connectivity index (χ1) is 16.9. The minimum absolute atomic E-state index is 0.00264. The first kappa shape index (κ1) is 22.7. The lowest BCUT2D eigenvalue weighted by atomic mass is 10.1. The van der Waals surface area contributed by atoms with Gasteiger partial charge in [-0.15, -0.1) is 0 Å². The molecule has 1 aliphatic heterocycles. The molecule has 0 atom stereocenters. The maximum Gasteiger partial charge on any atom is 0.270 e. The van der Waals surface area contributed by atoms with Crippen molar-refractivity contribution >= 4 is 51.8 Å². The van der Waals surface area contributed by atoms with Crippen LogP contribution in [0.4, 0.5) is 10.1 Å². The van der Waals surface area contributed by atoms with Crippen molar-refractivity contribution in [3.63, 3.8) is 0 Å². The van der Waals surface area contributed by atoms with Gasteiger partial charge in [-0.3, -0.25) is 19.8 Å². The van der Waals surface area contributed by atoms with Gasteiger partial charge in [0.05, 0.1) is 5.69 Å².